The van der Waals surface area contributed by atoms with Gasteiger partial charge < -0.3 is 9.13 Å². The lowest BCUT2D eigenvalue weighted by atomic mass is 9.94. The summed E-state index contributed by atoms with van der Waals surface area (Å²) in [6, 6.07) is 104. The molecule has 5 aromatic heterocycles. The molecule has 0 unspecified atom stereocenters. The van der Waals surface area contributed by atoms with Crippen molar-refractivity contribution >= 4 is 98.0 Å². The van der Waals surface area contributed by atoms with Gasteiger partial charge in [0, 0.05) is 71.5 Å². The van der Waals surface area contributed by atoms with E-state index < -0.39 is 0 Å². The monoisotopic (exact) mass is 1100 g/mol. The Kier molecular flexibility index (Phi) is 10.5. The van der Waals surface area contributed by atoms with Crippen LogP contribution in [0, 0.1) is 0 Å². The zero-order valence-corrected chi connectivity index (χ0v) is 46.3. The fourth-order valence-electron chi connectivity index (χ4n) is 13.6. The van der Waals surface area contributed by atoms with Crippen molar-refractivity contribution in [3.8, 4) is 68.3 Å². The molecule has 0 aliphatic rings. The Balaban J connectivity index is 0.893. The molecule has 0 saturated heterocycles. The van der Waals surface area contributed by atoms with Crippen LogP contribution < -0.4 is 0 Å². The Morgan fingerprint density at radius 2 is 0.709 bits per heavy atom. The van der Waals surface area contributed by atoms with Crippen LogP contribution in [0.2, 0.25) is 0 Å². The van der Waals surface area contributed by atoms with Gasteiger partial charge in [-0.05, 0) is 112 Å². The topological polar surface area (TPSA) is 71.3 Å². The summed E-state index contributed by atoms with van der Waals surface area (Å²) in [6.45, 7) is 0. The van der Waals surface area contributed by atoms with Crippen LogP contribution in [0.1, 0.15) is 0 Å². The van der Waals surface area contributed by atoms with Gasteiger partial charge in [0.2, 0.25) is 5.95 Å². The van der Waals surface area contributed by atoms with Crippen LogP contribution in [0.3, 0.4) is 0 Å². The molecule has 0 atom stereocenters. The van der Waals surface area contributed by atoms with Crippen molar-refractivity contribution in [2.24, 2.45) is 0 Å². The van der Waals surface area contributed by atoms with Crippen LogP contribution in [-0.4, -0.2) is 38.2 Å². The van der Waals surface area contributed by atoms with Gasteiger partial charge in [0.25, 0.3) is 0 Å². The molecule has 0 aliphatic carbocycles. The van der Waals surface area contributed by atoms with Gasteiger partial charge in [-0.3, -0.25) is 9.13 Å². The van der Waals surface area contributed by atoms with Crippen LogP contribution in [0.25, 0.3) is 166 Å². The van der Waals surface area contributed by atoms with Gasteiger partial charge in [0.15, 0.2) is 11.6 Å². The molecule has 0 amide bonds. The van der Waals surface area contributed by atoms with Gasteiger partial charge in [-0.15, -0.1) is 0 Å². The van der Waals surface area contributed by atoms with E-state index >= 15 is 0 Å². The lowest BCUT2D eigenvalue weighted by Crippen LogP contribution is -2.07. The third kappa shape index (κ3) is 7.30. The molecule has 8 heteroatoms. The smallest absolute Gasteiger partial charge is 0.238 e. The van der Waals surface area contributed by atoms with E-state index in [0.29, 0.717) is 17.6 Å². The minimum Gasteiger partial charge on any atom is -0.309 e. The average Bonchev–Trinajstić information content (AvgIpc) is 1.81. The fourth-order valence-corrected chi connectivity index (χ4v) is 13.6. The highest BCUT2D eigenvalue weighted by Crippen LogP contribution is 2.45. The van der Waals surface area contributed by atoms with Crippen molar-refractivity contribution in [3.63, 3.8) is 0 Å². The van der Waals surface area contributed by atoms with E-state index in [1.807, 2.05) is 0 Å². The van der Waals surface area contributed by atoms with E-state index in [9.17, 15) is 0 Å². The summed E-state index contributed by atoms with van der Waals surface area (Å²) in [4.78, 5) is 22.1. The van der Waals surface area contributed by atoms with Gasteiger partial charge in [-0.25, -0.2) is 9.97 Å². The third-order valence-electron chi connectivity index (χ3n) is 17.4. The summed E-state index contributed by atoms with van der Waals surface area (Å²) in [6.07, 6.45) is 0. The molecule has 400 valence electrons. The maximum absolute atomic E-state index is 5.67. The number of fused-ring (bicyclic) bond motifs is 14. The van der Waals surface area contributed by atoms with Crippen LogP contribution in [0.5, 0.6) is 0 Å². The maximum Gasteiger partial charge on any atom is 0.238 e. The summed E-state index contributed by atoms with van der Waals surface area (Å²) < 4.78 is 9.26. The number of hydrogen-bond acceptors (Lipinski definition) is 4. The van der Waals surface area contributed by atoms with Crippen molar-refractivity contribution in [2.75, 3.05) is 0 Å². The van der Waals surface area contributed by atoms with Crippen molar-refractivity contribution in [1.82, 2.24) is 38.2 Å². The molecule has 18 rings (SSSR count). The summed E-state index contributed by atoms with van der Waals surface area (Å²) in [7, 11) is 0. The van der Waals surface area contributed by atoms with Gasteiger partial charge in [0.05, 0.1) is 44.1 Å². The SMILES string of the molecule is c1ccc(-n2c(-c3ccc(-c4cc5c6c7ccccc7ccc6n(-c6nc(-c7ccc8c9ccccc9n(-c9ccccc9)c8c7)nc(-c7ccc8c9ccccc9n(-c9ccccc9)c8c7)n6)c5c5ccccc45)cc3)nc3ccccc32)cc1. The molecule has 18 aromatic rings. The first kappa shape index (κ1) is 47.9. The Morgan fingerprint density at radius 1 is 0.244 bits per heavy atom. The molecule has 5 heterocycles. The second-order valence-corrected chi connectivity index (χ2v) is 22.2. The lowest BCUT2D eigenvalue weighted by Gasteiger charge is -2.14. The van der Waals surface area contributed by atoms with Gasteiger partial charge in [0.1, 0.15) is 5.82 Å². The summed E-state index contributed by atoms with van der Waals surface area (Å²) in [5.74, 6) is 2.55. The van der Waals surface area contributed by atoms with E-state index in [-0.39, 0.29) is 0 Å². The lowest BCUT2D eigenvalue weighted by molar-refractivity contribution is 0.955. The second-order valence-electron chi connectivity index (χ2n) is 22.2. The zero-order chi connectivity index (χ0) is 56.4. The Labute approximate surface area is 493 Å². The first-order valence-corrected chi connectivity index (χ1v) is 29.1. The first-order chi connectivity index (χ1) is 42.7. The van der Waals surface area contributed by atoms with Crippen molar-refractivity contribution < 1.29 is 0 Å². The normalized spacial score (nSPS) is 12.0. The Morgan fingerprint density at radius 3 is 1.31 bits per heavy atom. The molecular formula is C78H48N8. The van der Waals surface area contributed by atoms with E-state index in [1.54, 1.807) is 0 Å². The Bertz CT molecular complexity index is 5580. The van der Waals surface area contributed by atoms with E-state index in [1.165, 1.54) is 10.8 Å². The highest BCUT2D eigenvalue weighted by Gasteiger charge is 2.25. The van der Waals surface area contributed by atoms with E-state index in [4.69, 9.17) is 19.9 Å². The highest BCUT2D eigenvalue weighted by molar-refractivity contribution is 6.28. The maximum atomic E-state index is 5.67. The number of imidazole rings is 1. The van der Waals surface area contributed by atoms with Crippen LogP contribution >= 0.6 is 0 Å². The molecular weight excluding hydrogens is 1050 g/mol. The van der Waals surface area contributed by atoms with Crippen molar-refractivity contribution in [1.29, 1.82) is 0 Å². The standard InChI is InChI=1S/C78H48N8/c1-4-21-54(22-5-1)83-67-33-17-14-29-59(67)61-43-40-52(46-71(61)83)75-80-76(53-41-44-62-60-30-15-18-34-68(60)84(72(62)47-53)55-23-6-2-7-24-55)82-78(81-75)86-70-45-42-49-20-10-11-27-57(49)73(70)65-48-64(58-28-12-13-31-63(58)74(65)86)50-36-38-51(39-37-50)77-79-66-32-16-19-35-69(66)85(77)56-25-8-3-9-26-56/h1-48H. The number of aromatic nitrogens is 8. The average molecular weight is 1100 g/mol. The molecule has 0 fully saturated rings. The molecule has 0 spiro atoms. The molecule has 0 N–H and O–H groups in total. The van der Waals surface area contributed by atoms with Crippen LogP contribution in [0.15, 0.2) is 291 Å². The number of benzene rings is 13. The van der Waals surface area contributed by atoms with Crippen molar-refractivity contribution in [2.45, 2.75) is 0 Å². The molecule has 0 saturated carbocycles. The minimum absolute atomic E-state index is 0.524. The Hall–Kier alpha value is -11.7. The predicted molar refractivity (Wildman–Crippen MR) is 354 cm³/mol. The first-order valence-electron chi connectivity index (χ1n) is 29.1. The minimum atomic E-state index is 0.524. The van der Waals surface area contributed by atoms with Crippen LogP contribution in [-0.2, 0) is 0 Å². The number of nitrogens with zero attached hydrogens (tertiary/aromatic N) is 8. The van der Waals surface area contributed by atoms with E-state index in [2.05, 4.69) is 309 Å². The predicted octanol–water partition coefficient (Wildman–Crippen LogP) is 19.5. The molecule has 0 bridgehead atoms. The molecule has 13 aromatic carbocycles. The number of para-hydroxylation sites is 7. The van der Waals surface area contributed by atoms with Crippen molar-refractivity contribution in [3.05, 3.63) is 291 Å². The van der Waals surface area contributed by atoms with Crippen LogP contribution in [0.4, 0.5) is 0 Å². The number of hydrogen-bond donors (Lipinski definition) is 0. The quantitative estimate of drug-likeness (QED) is 0.152. The van der Waals surface area contributed by atoms with Gasteiger partial charge in [-0.1, -0.05) is 206 Å². The largest absolute Gasteiger partial charge is 0.309 e. The summed E-state index contributed by atoms with van der Waals surface area (Å²) in [5, 5.41) is 11.4. The van der Waals surface area contributed by atoms with Gasteiger partial charge >= 0.3 is 0 Å². The molecule has 8 nitrogen and oxygen atoms in total. The summed E-state index contributed by atoms with van der Waals surface area (Å²) >= 11 is 0. The molecule has 0 aliphatic heterocycles. The van der Waals surface area contributed by atoms with Gasteiger partial charge in [-0.2, -0.15) is 9.97 Å². The van der Waals surface area contributed by atoms with E-state index in [0.717, 1.165) is 138 Å². The molecule has 86 heavy (non-hydrogen) atoms. The summed E-state index contributed by atoms with van der Waals surface area (Å²) in [5.41, 5.74) is 16.7. The second kappa shape index (κ2) is 18.9. The zero-order valence-electron chi connectivity index (χ0n) is 46.3. The third-order valence-corrected chi connectivity index (χ3v) is 17.4. The number of rotatable bonds is 8. The molecule has 0 radical (unpaired) electrons. The fraction of sp³-hybridized carbons (Fsp3) is 0. The highest BCUT2D eigenvalue weighted by atomic mass is 15.2.